The summed E-state index contributed by atoms with van der Waals surface area (Å²) >= 11 is 0. The molecular formula is C11H11F3N2O3. The molecule has 1 fully saturated rings. The Morgan fingerprint density at radius 3 is 2.68 bits per heavy atom. The Balaban J connectivity index is 2.46. The first-order valence-electron chi connectivity index (χ1n) is 5.57. The first kappa shape index (κ1) is 13.8. The maximum absolute atomic E-state index is 12.9. The van der Waals surface area contributed by atoms with Crippen LogP contribution >= 0.6 is 0 Å². The number of nitrogens with one attached hydrogen (secondary N) is 1. The number of rotatable bonds is 2. The van der Waals surface area contributed by atoms with Crippen LogP contribution in [0.5, 0.6) is 0 Å². The lowest BCUT2D eigenvalue weighted by atomic mass is 10.00. The molecule has 0 bridgehead atoms. The third kappa shape index (κ3) is 3.02. The van der Waals surface area contributed by atoms with Crippen molar-refractivity contribution in [3.63, 3.8) is 0 Å². The highest BCUT2D eigenvalue weighted by atomic mass is 19.4. The molecular weight excluding hydrogens is 265 g/mol. The Morgan fingerprint density at radius 1 is 1.42 bits per heavy atom. The van der Waals surface area contributed by atoms with Crippen molar-refractivity contribution in [3.05, 3.63) is 39.4 Å². The highest BCUT2D eigenvalue weighted by Crippen LogP contribution is 2.37. The van der Waals surface area contributed by atoms with Gasteiger partial charge in [0.15, 0.2) is 0 Å². The minimum Gasteiger partial charge on any atom is -0.371 e. The van der Waals surface area contributed by atoms with E-state index >= 15 is 0 Å². The Morgan fingerprint density at radius 2 is 2.16 bits per heavy atom. The van der Waals surface area contributed by atoms with Crippen LogP contribution in [0.25, 0.3) is 0 Å². The van der Waals surface area contributed by atoms with Gasteiger partial charge in [-0.2, -0.15) is 13.2 Å². The molecule has 0 aromatic heterocycles. The van der Waals surface area contributed by atoms with E-state index in [0.717, 1.165) is 18.2 Å². The average molecular weight is 276 g/mol. The van der Waals surface area contributed by atoms with E-state index < -0.39 is 22.8 Å². The molecule has 1 aromatic rings. The van der Waals surface area contributed by atoms with Crippen molar-refractivity contribution in [2.24, 2.45) is 0 Å². The molecule has 19 heavy (non-hydrogen) atoms. The third-order valence-corrected chi connectivity index (χ3v) is 2.83. The number of morpholine rings is 1. The lowest BCUT2D eigenvalue weighted by Gasteiger charge is -2.26. The van der Waals surface area contributed by atoms with Gasteiger partial charge in [0, 0.05) is 30.8 Å². The summed E-state index contributed by atoms with van der Waals surface area (Å²) in [6.45, 7) is 1.02. The van der Waals surface area contributed by atoms with E-state index in [2.05, 4.69) is 5.32 Å². The molecule has 1 aliphatic heterocycles. The van der Waals surface area contributed by atoms with Crippen LogP contribution < -0.4 is 5.32 Å². The first-order chi connectivity index (χ1) is 8.89. The SMILES string of the molecule is O=[N+]([O-])c1ccc(C(F)(F)F)c(C2CNCCO2)c1. The smallest absolute Gasteiger partial charge is 0.371 e. The van der Waals surface area contributed by atoms with E-state index in [-0.39, 0.29) is 24.4 Å². The van der Waals surface area contributed by atoms with Crippen molar-refractivity contribution in [2.45, 2.75) is 12.3 Å². The van der Waals surface area contributed by atoms with Crippen molar-refractivity contribution < 1.29 is 22.8 Å². The standard InChI is InChI=1S/C11H11F3N2O3/c12-11(13,14)9-2-1-7(16(17)18)5-8(9)10-6-15-3-4-19-10/h1-2,5,10,15H,3-4,6H2. The van der Waals surface area contributed by atoms with Gasteiger partial charge in [-0.1, -0.05) is 0 Å². The molecule has 1 N–H and O–H groups in total. The van der Waals surface area contributed by atoms with Crippen LogP contribution in [0.15, 0.2) is 18.2 Å². The maximum Gasteiger partial charge on any atom is 0.416 e. The number of nitro groups is 1. The highest BCUT2D eigenvalue weighted by Gasteiger charge is 2.37. The zero-order valence-corrected chi connectivity index (χ0v) is 9.74. The van der Waals surface area contributed by atoms with E-state index in [1.807, 2.05) is 0 Å². The lowest BCUT2D eigenvalue weighted by Crippen LogP contribution is -2.34. The molecule has 0 amide bonds. The summed E-state index contributed by atoms with van der Waals surface area (Å²) in [4.78, 5) is 9.94. The quantitative estimate of drug-likeness (QED) is 0.664. The molecule has 1 heterocycles. The first-order valence-corrected chi connectivity index (χ1v) is 5.57. The summed E-state index contributed by atoms with van der Waals surface area (Å²) in [6, 6.07) is 2.51. The van der Waals surface area contributed by atoms with E-state index in [0.29, 0.717) is 6.54 Å². The highest BCUT2D eigenvalue weighted by molar-refractivity contribution is 5.42. The summed E-state index contributed by atoms with van der Waals surface area (Å²) in [6.07, 6.45) is -5.39. The number of non-ortho nitro benzene ring substituents is 1. The number of ether oxygens (including phenoxy) is 1. The topological polar surface area (TPSA) is 64.4 Å². The van der Waals surface area contributed by atoms with Crippen molar-refractivity contribution in [1.82, 2.24) is 5.32 Å². The number of nitro benzene ring substituents is 1. The minimum atomic E-state index is -4.56. The summed E-state index contributed by atoms with van der Waals surface area (Å²) in [7, 11) is 0. The van der Waals surface area contributed by atoms with Crippen molar-refractivity contribution in [3.8, 4) is 0 Å². The molecule has 1 aromatic carbocycles. The second-order valence-electron chi connectivity index (χ2n) is 4.09. The molecule has 1 unspecified atom stereocenters. The molecule has 5 nitrogen and oxygen atoms in total. The number of hydrogen-bond donors (Lipinski definition) is 1. The van der Waals surface area contributed by atoms with Crippen LogP contribution in [0.2, 0.25) is 0 Å². The largest absolute Gasteiger partial charge is 0.416 e. The van der Waals surface area contributed by atoms with Gasteiger partial charge in [-0.3, -0.25) is 10.1 Å². The lowest BCUT2D eigenvalue weighted by molar-refractivity contribution is -0.385. The molecule has 0 aliphatic carbocycles. The van der Waals surface area contributed by atoms with E-state index in [4.69, 9.17) is 4.74 Å². The number of halogens is 3. The normalized spacial score (nSPS) is 20.3. The number of alkyl halides is 3. The molecule has 0 spiro atoms. The van der Waals surface area contributed by atoms with Gasteiger partial charge in [0.05, 0.1) is 23.2 Å². The van der Waals surface area contributed by atoms with Crippen molar-refractivity contribution in [2.75, 3.05) is 19.7 Å². The van der Waals surface area contributed by atoms with Gasteiger partial charge in [-0.25, -0.2) is 0 Å². The summed E-state index contributed by atoms with van der Waals surface area (Å²) in [5.74, 6) is 0. The molecule has 104 valence electrons. The van der Waals surface area contributed by atoms with E-state index in [1.165, 1.54) is 0 Å². The van der Waals surface area contributed by atoms with Gasteiger partial charge < -0.3 is 10.1 Å². The molecule has 1 atom stereocenters. The average Bonchev–Trinajstić information content (AvgIpc) is 2.38. The molecule has 2 rings (SSSR count). The zero-order chi connectivity index (χ0) is 14.0. The Labute approximate surface area is 106 Å². The Bertz CT molecular complexity index is 485. The Kier molecular flexibility index (Phi) is 3.72. The van der Waals surface area contributed by atoms with Crippen LogP contribution in [-0.2, 0) is 10.9 Å². The molecule has 0 saturated carbocycles. The van der Waals surface area contributed by atoms with Gasteiger partial charge in [-0.15, -0.1) is 0 Å². The summed E-state index contributed by atoms with van der Waals surface area (Å²) in [5.41, 5.74) is -1.47. The second kappa shape index (κ2) is 5.14. The molecule has 1 saturated heterocycles. The maximum atomic E-state index is 12.9. The molecule has 1 aliphatic rings. The van der Waals surface area contributed by atoms with E-state index in [1.54, 1.807) is 0 Å². The Hall–Kier alpha value is -1.67. The monoisotopic (exact) mass is 276 g/mol. The van der Waals surface area contributed by atoms with Gasteiger partial charge in [0.25, 0.3) is 5.69 Å². The second-order valence-corrected chi connectivity index (χ2v) is 4.09. The fourth-order valence-electron chi connectivity index (χ4n) is 1.95. The van der Waals surface area contributed by atoms with Gasteiger partial charge in [-0.05, 0) is 6.07 Å². The van der Waals surface area contributed by atoms with Crippen LogP contribution in [0.3, 0.4) is 0 Å². The van der Waals surface area contributed by atoms with Crippen LogP contribution in [0, 0.1) is 10.1 Å². The number of hydrogen-bond acceptors (Lipinski definition) is 4. The fourth-order valence-corrected chi connectivity index (χ4v) is 1.95. The predicted molar refractivity (Wildman–Crippen MR) is 59.7 cm³/mol. The fraction of sp³-hybridized carbons (Fsp3) is 0.455. The third-order valence-electron chi connectivity index (χ3n) is 2.83. The van der Waals surface area contributed by atoms with Crippen LogP contribution in [-0.4, -0.2) is 24.6 Å². The zero-order valence-electron chi connectivity index (χ0n) is 9.74. The predicted octanol–water partition coefficient (Wildman–Crippen LogP) is 2.27. The van der Waals surface area contributed by atoms with Crippen LogP contribution in [0.1, 0.15) is 17.2 Å². The number of nitrogens with zero attached hydrogens (tertiary/aromatic N) is 1. The molecule has 0 radical (unpaired) electrons. The summed E-state index contributed by atoms with van der Waals surface area (Å²) < 4.78 is 43.9. The molecule has 8 heteroatoms. The van der Waals surface area contributed by atoms with Gasteiger partial charge in [0.1, 0.15) is 0 Å². The minimum absolute atomic E-state index is 0.199. The summed E-state index contributed by atoms with van der Waals surface area (Å²) in [5, 5.41) is 13.6. The van der Waals surface area contributed by atoms with Crippen LogP contribution in [0.4, 0.5) is 18.9 Å². The van der Waals surface area contributed by atoms with Crippen molar-refractivity contribution >= 4 is 5.69 Å². The van der Waals surface area contributed by atoms with Gasteiger partial charge in [0.2, 0.25) is 0 Å². The van der Waals surface area contributed by atoms with E-state index in [9.17, 15) is 23.3 Å². The van der Waals surface area contributed by atoms with Crippen molar-refractivity contribution in [1.29, 1.82) is 0 Å². The van der Waals surface area contributed by atoms with Gasteiger partial charge >= 0.3 is 6.18 Å². The number of benzene rings is 1.